The Morgan fingerprint density at radius 1 is 0.973 bits per heavy atom. The predicted octanol–water partition coefficient (Wildman–Crippen LogP) is 10.00. The summed E-state index contributed by atoms with van der Waals surface area (Å²) in [5.41, 5.74) is -0.0928. The number of hydrogen-bond acceptors (Lipinski definition) is 2. The van der Waals surface area contributed by atoms with Gasteiger partial charge in [-0.3, -0.25) is 9.78 Å². The van der Waals surface area contributed by atoms with Crippen LogP contribution in [0.4, 0.5) is 26.3 Å². The molecule has 0 saturated carbocycles. The first-order chi connectivity index (χ1) is 17.2. The fourth-order valence-electron chi connectivity index (χ4n) is 3.36. The number of rotatable bonds is 7. The molecule has 1 heterocycles. The number of alkyl halides is 6. The number of carbonyl (C=O) groups excluding carboxylic acids is 1. The monoisotopic (exact) mass is 643 g/mol. The van der Waals surface area contributed by atoms with Crippen LogP contribution >= 0.6 is 50.7 Å². The fourth-order valence-corrected chi connectivity index (χ4v) is 4.60. The minimum Gasteiger partial charge on any atom is -0.294 e. The summed E-state index contributed by atoms with van der Waals surface area (Å²) in [5, 5.41) is -0.259. The van der Waals surface area contributed by atoms with E-state index in [9.17, 15) is 31.1 Å². The number of benzene rings is 2. The van der Waals surface area contributed by atoms with Gasteiger partial charge in [0.15, 0.2) is 5.78 Å². The number of carbonyl (C=O) groups is 1. The Labute approximate surface area is 231 Å². The van der Waals surface area contributed by atoms with Crippen molar-refractivity contribution in [3.05, 3.63) is 102 Å². The van der Waals surface area contributed by atoms with Crippen LogP contribution in [0.25, 0.3) is 6.08 Å². The van der Waals surface area contributed by atoms with Crippen molar-refractivity contribution < 1.29 is 31.1 Å². The second-order valence-electron chi connectivity index (χ2n) is 7.89. The minimum atomic E-state index is -4.64. The number of nitrogens with zero attached hydrogens (tertiary/aromatic N) is 1. The van der Waals surface area contributed by atoms with Crippen LogP contribution in [-0.2, 0) is 12.6 Å². The molecule has 0 radical (unpaired) electrons. The van der Waals surface area contributed by atoms with E-state index in [1.165, 1.54) is 30.3 Å². The van der Waals surface area contributed by atoms with Gasteiger partial charge >= 0.3 is 12.4 Å². The number of ketones is 1. The molecule has 0 aliphatic carbocycles. The smallest absolute Gasteiger partial charge is 0.294 e. The highest BCUT2D eigenvalue weighted by Gasteiger charge is 2.39. The highest BCUT2D eigenvalue weighted by molar-refractivity contribution is 9.10. The topological polar surface area (TPSA) is 30.0 Å². The fraction of sp³-hybridized carbons (Fsp3) is 0.200. The van der Waals surface area contributed by atoms with Gasteiger partial charge in [-0.2, -0.15) is 26.3 Å². The van der Waals surface area contributed by atoms with E-state index >= 15 is 0 Å². The van der Waals surface area contributed by atoms with E-state index in [1.54, 1.807) is 0 Å². The first-order valence-electron chi connectivity index (χ1n) is 10.4. The van der Waals surface area contributed by atoms with E-state index in [-0.39, 0.29) is 44.8 Å². The van der Waals surface area contributed by atoms with Crippen LogP contribution in [0.1, 0.15) is 45.1 Å². The molecule has 2 nitrogen and oxygen atoms in total. The maximum Gasteiger partial charge on any atom is 0.433 e. The Hall–Kier alpha value is -2.07. The number of hydrogen-bond donors (Lipinski definition) is 0. The average Bonchev–Trinajstić information content (AvgIpc) is 2.80. The zero-order chi connectivity index (χ0) is 27.5. The summed E-state index contributed by atoms with van der Waals surface area (Å²) in [6, 6.07) is 8.71. The first-order valence-corrected chi connectivity index (χ1v) is 12.3. The molecule has 2 aromatic carbocycles. The molecule has 0 aliphatic heterocycles. The lowest BCUT2D eigenvalue weighted by Gasteiger charge is -2.18. The van der Waals surface area contributed by atoms with E-state index in [0.717, 1.165) is 30.5 Å². The minimum absolute atomic E-state index is 0.00490. The standard InChI is InChI=1S/C25H15BrCl3F6NO/c26-18-9-13(2-6-17(24(30,31)32)15-10-19(27)23(29)20(28)11-15)1-5-16(18)21(37)7-3-14-4-8-22(36-12-14)25(33,34)35/h1-2,4-6,8-12,17H,3,7H2/b6-2+. The zero-order valence-electron chi connectivity index (χ0n) is 18.4. The van der Waals surface area contributed by atoms with Gasteiger partial charge in [-0.25, -0.2) is 0 Å². The summed E-state index contributed by atoms with van der Waals surface area (Å²) in [4.78, 5) is 16.0. The van der Waals surface area contributed by atoms with Gasteiger partial charge in [-0.1, -0.05) is 75.0 Å². The maximum absolute atomic E-state index is 13.7. The molecule has 0 bridgehead atoms. The third-order valence-electron chi connectivity index (χ3n) is 5.25. The van der Waals surface area contributed by atoms with E-state index in [2.05, 4.69) is 20.9 Å². The Morgan fingerprint density at radius 2 is 1.62 bits per heavy atom. The summed E-state index contributed by atoms with van der Waals surface area (Å²) in [6.07, 6.45) is -5.77. The molecule has 3 aromatic rings. The van der Waals surface area contributed by atoms with Crippen LogP contribution in [0.15, 0.2) is 59.2 Å². The molecule has 0 saturated heterocycles. The summed E-state index contributed by atoms with van der Waals surface area (Å²) in [5.74, 6) is -2.32. The Morgan fingerprint density at radius 3 is 2.14 bits per heavy atom. The average molecular weight is 646 g/mol. The highest BCUT2D eigenvalue weighted by Crippen LogP contribution is 2.41. The summed E-state index contributed by atoms with van der Waals surface area (Å²) in [6.45, 7) is 0. The molecular weight excluding hydrogens is 631 g/mol. The molecule has 0 N–H and O–H groups in total. The number of allylic oxidation sites excluding steroid dienone is 1. The van der Waals surface area contributed by atoms with Crippen LogP contribution in [0.2, 0.25) is 15.1 Å². The molecule has 1 aromatic heterocycles. The summed E-state index contributed by atoms with van der Waals surface area (Å²) in [7, 11) is 0. The van der Waals surface area contributed by atoms with Crippen molar-refractivity contribution in [3.63, 3.8) is 0 Å². The van der Waals surface area contributed by atoms with E-state index in [1.807, 2.05) is 0 Å². The molecular formula is C25H15BrCl3F6NO. The molecule has 37 heavy (non-hydrogen) atoms. The SMILES string of the molecule is O=C(CCc1ccc(C(F)(F)F)nc1)c1ccc(/C=C/C(c2cc(Cl)c(Cl)c(Cl)c2)C(F)(F)F)cc1Br. The predicted molar refractivity (Wildman–Crippen MR) is 135 cm³/mol. The van der Waals surface area contributed by atoms with E-state index in [4.69, 9.17) is 34.8 Å². The van der Waals surface area contributed by atoms with Gasteiger partial charge in [0.25, 0.3) is 0 Å². The Bertz CT molecular complexity index is 1300. The lowest BCUT2D eigenvalue weighted by Crippen LogP contribution is -2.19. The van der Waals surface area contributed by atoms with Crippen molar-refractivity contribution >= 4 is 62.6 Å². The van der Waals surface area contributed by atoms with E-state index < -0.39 is 24.0 Å². The third-order valence-corrected chi connectivity index (χ3v) is 7.10. The molecule has 0 fully saturated rings. The summed E-state index contributed by atoms with van der Waals surface area (Å²) < 4.78 is 79.5. The highest BCUT2D eigenvalue weighted by atomic mass is 79.9. The normalized spacial score (nSPS) is 13.2. The van der Waals surface area contributed by atoms with Gasteiger partial charge in [-0.15, -0.1) is 0 Å². The van der Waals surface area contributed by atoms with Gasteiger partial charge < -0.3 is 0 Å². The number of Topliss-reactive ketones (excluding diaryl/α,β-unsaturated/α-hetero) is 1. The number of aromatic nitrogens is 1. The lowest BCUT2D eigenvalue weighted by atomic mass is 9.96. The molecule has 1 atom stereocenters. The molecule has 1 unspecified atom stereocenters. The molecule has 12 heteroatoms. The van der Waals surface area contributed by atoms with E-state index in [0.29, 0.717) is 15.6 Å². The number of aryl methyl sites for hydroxylation is 1. The van der Waals surface area contributed by atoms with Crippen molar-refractivity contribution in [1.29, 1.82) is 0 Å². The quantitative estimate of drug-likeness (QED) is 0.145. The lowest BCUT2D eigenvalue weighted by molar-refractivity contribution is -0.141. The van der Waals surface area contributed by atoms with Crippen LogP contribution in [-0.4, -0.2) is 16.9 Å². The molecule has 3 rings (SSSR count). The van der Waals surface area contributed by atoms with Crippen LogP contribution in [0, 0.1) is 0 Å². The molecule has 0 spiro atoms. The Balaban J connectivity index is 1.74. The second kappa shape index (κ2) is 11.8. The van der Waals surface area contributed by atoms with Crippen molar-refractivity contribution in [2.45, 2.75) is 31.1 Å². The molecule has 0 amide bonds. The summed E-state index contributed by atoms with van der Waals surface area (Å²) >= 11 is 20.9. The Kier molecular flexibility index (Phi) is 9.37. The van der Waals surface area contributed by atoms with Crippen molar-refractivity contribution in [1.82, 2.24) is 4.98 Å². The molecule has 196 valence electrons. The van der Waals surface area contributed by atoms with Crippen LogP contribution < -0.4 is 0 Å². The first kappa shape index (κ1) is 29.5. The van der Waals surface area contributed by atoms with Gasteiger partial charge in [0.05, 0.1) is 21.0 Å². The largest absolute Gasteiger partial charge is 0.433 e. The third kappa shape index (κ3) is 7.72. The van der Waals surface area contributed by atoms with Crippen molar-refractivity contribution in [2.24, 2.45) is 0 Å². The zero-order valence-corrected chi connectivity index (χ0v) is 22.3. The van der Waals surface area contributed by atoms with Crippen LogP contribution in [0.3, 0.4) is 0 Å². The van der Waals surface area contributed by atoms with Gasteiger partial charge in [0.1, 0.15) is 5.69 Å². The number of pyridine rings is 1. The van der Waals surface area contributed by atoms with Gasteiger partial charge in [-0.05, 0) is 53.4 Å². The maximum atomic E-state index is 13.7. The second-order valence-corrected chi connectivity index (χ2v) is 9.94. The van der Waals surface area contributed by atoms with Gasteiger partial charge in [0.2, 0.25) is 0 Å². The van der Waals surface area contributed by atoms with Crippen LogP contribution in [0.5, 0.6) is 0 Å². The van der Waals surface area contributed by atoms with Crippen molar-refractivity contribution in [3.8, 4) is 0 Å². The number of halogens is 10. The van der Waals surface area contributed by atoms with Crippen molar-refractivity contribution in [2.75, 3.05) is 0 Å². The molecule has 0 aliphatic rings. The van der Waals surface area contributed by atoms with Gasteiger partial charge in [0, 0.05) is 22.7 Å².